The van der Waals surface area contributed by atoms with E-state index in [0.717, 1.165) is 0 Å². The van der Waals surface area contributed by atoms with Crippen LogP contribution in [0.3, 0.4) is 0 Å². The van der Waals surface area contributed by atoms with Gasteiger partial charge in [-0.25, -0.2) is 19.2 Å². The first-order valence-electron chi connectivity index (χ1n) is 16.7. The van der Waals surface area contributed by atoms with E-state index in [2.05, 4.69) is 26.3 Å². The van der Waals surface area contributed by atoms with E-state index in [1.807, 2.05) is 26.2 Å². The van der Waals surface area contributed by atoms with Gasteiger partial charge in [-0.1, -0.05) is 26.3 Å². The first kappa shape index (κ1) is 44.6. The molecule has 1 aliphatic rings. The number of rotatable bonds is 21. The minimum absolute atomic E-state index is 0.176. The molecule has 2 unspecified atom stereocenters. The zero-order valence-corrected chi connectivity index (χ0v) is 34.9. The molecule has 1 rings (SSSR count). The highest BCUT2D eigenvalue weighted by atomic mass is 28.5. The fraction of sp³-hybridized carbons (Fsp3) is 0.636. The second-order valence-corrected chi connectivity index (χ2v) is 27.7. The molecule has 278 valence electrons. The lowest BCUT2D eigenvalue weighted by molar-refractivity contribution is -0.139. The molecular formula is C33H58O12Si4. The number of hydrogen-bond acceptors (Lipinski definition) is 12. The van der Waals surface area contributed by atoms with Gasteiger partial charge in [0.2, 0.25) is 0 Å². The second-order valence-electron chi connectivity index (χ2n) is 13.4. The maximum Gasteiger partial charge on any atom is 0.333 e. The Hall–Kier alpha value is -2.45. The molecule has 0 bridgehead atoms. The van der Waals surface area contributed by atoms with Gasteiger partial charge in [-0.15, -0.1) is 0 Å². The fourth-order valence-electron chi connectivity index (χ4n) is 5.20. The quantitative estimate of drug-likeness (QED) is 0.0400. The Balaban J connectivity index is 3.32. The SMILES string of the molecule is C=C(C)C(=O)OCCCC[Si]1(C)O[Si](C)(CCCOC(=O)C(=C)C)O[Si](C)(CCCOC(=O)C(=C)C)O[Si](C)(CCCOC(=O)C(=C)C)O1. The smallest absolute Gasteiger partial charge is 0.333 e. The van der Waals surface area contributed by atoms with Gasteiger partial charge in [0.05, 0.1) is 26.4 Å². The zero-order valence-electron chi connectivity index (χ0n) is 30.9. The van der Waals surface area contributed by atoms with Crippen LogP contribution < -0.4 is 0 Å². The summed E-state index contributed by atoms with van der Waals surface area (Å²) in [5, 5.41) is 0. The monoisotopic (exact) mass is 758 g/mol. The van der Waals surface area contributed by atoms with Crippen molar-refractivity contribution >= 4 is 58.1 Å². The predicted molar refractivity (Wildman–Crippen MR) is 196 cm³/mol. The standard InChI is InChI=1S/C33H58O12Si4/c1-26(2)30(34)38-18-13-14-22-46(9)42-47(10,23-15-19-39-31(35)27(3)4)44-49(12,25-17-21-41-33(37)29(7)8)45-48(11,43-46)24-16-20-40-32(36)28(5)6/h1,3,5,7,13-25H2,2,4,6,8-12H3. The van der Waals surface area contributed by atoms with E-state index in [0.29, 0.717) is 78.6 Å². The fourth-order valence-corrected chi connectivity index (χ4v) is 28.5. The third-order valence-corrected chi connectivity index (χ3v) is 26.3. The highest BCUT2D eigenvalue weighted by Crippen LogP contribution is 2.39. The minimum Gasteiger partial charge on any atom is -0.462 e. The average molecular weight is 759 g/mol. The van der Waals surface area contributed by atoms with E-state index >= 15 is 0 Å². The van der Waals surface area contributed by atoms with Gasteiger partial charge in [-0.3, -0.25) is 0 Å². The first-order chi connectivity index (χ1) is 22.6. The predicted octanol–water partition coefficient (Wildman–Crippen LogP) is 6.78. The lowest BCUT2D eigenvalue weighted by Gasteiger charge is -2.50. The van der Waals surface area contributed by atoms with Crippen LogP contribution in [0.2, 0.25) is 50.4 Å². The molecule has 0 spiro atoms. The highest BCUT2D eigenvalue weighted by Gasteiger charge is 2.56. The molecule has 49 heavy (non-hydrogen) atoms. The van der Waals surface area contributed by atoms with E-state index in [-0.39, 0.29) is 26.4 Å². The van der Waals surface area contributed by atoms with Crippen molar-refractivity contribution in [3.8, 4) is 0 Å². The van der Waals surface area contributed by atoms with Crippen LogP contribution in [0.5, 0.6) is 0 Å². The molecule has 0 aromatic heterocycles. The van der Waals surface area contributed by atoms with Crippen molar-refractivity contribution < 1.29 is 54.6 Å². The summed E-state index contributed by atoms with van der Waals surface area (Å²) >= 11 is 0. The van der Waals surface area contributed by atoms with Gasteiger partial charge in [-0.2, -0.15) is 0 Å². The van der Waals surface area contributed by atoms with E-state index in [4.69, 9.17) is 35.4 Å². The molecule has 0 aromatic carbocycles. The van der Waals surface area contributed by atoms with Crippen molar-refractivity contribution in [2.75, 3.05) is 26.4 Å². The van der Waals surface area contributed by atoms with E-state index in [1.54, 1.807) is 27.7 Å². The number of carbonyl (C=O) groups is 4. The van der Waals surface area contributed by atoms with Crippen molar-refractivity contribution in [3.63, 3.8) is 0 Å². The van der Waals surface area contributed by atoms with Crippen LogP contribution in [-0.2, 0) is 54.6 Å². The summed E-state index contributed by atoms with van der Waals surface area (Å²) in [6.45, 7) is 29.7. The third kappa shape index (κ3) is 17.4. The molecule has 0 saturated carbocycles. The Bertz CT molecular complexity index is 1190. The molecule has 12 nitrogen and oxygen atoms in total. The number of ether oxygens (including phenoxy) is 4. The molecule has 1 heterocycles. The van der Waals surface area contributed by atoms with Crippen LogP contribution in [-0.4, -0.2) is 84.5 Å². The van der Waals surface area contributed by atoms with Gasteiger partial charge >= 0.3 is 58.1 Å². The Morgan fingerprint density at radius 3 is 0.837 bits per heavy atom. The van der Waals surface area contributed by atoms with E-state index in [1.165, 1.54) is 0 Å². The van der Waals surface area contributed by atoms with E-state index < -0.39 is 58.1 Å². The molecule has 0 amide bonds. The molecule has 2 atom stereocenters. The van der Waals surface area contributed by atoms with Crippen molar-refractivity contribution in [3.05, 3.63) is 48.6 Å². The van der Waals surface area contributed by atoms with Crippen LogP contribution in [0.15, 0.2) is 48.6 Å². The normalized spacial score (nSPS) is 25.2. The molecule has 1 aliphatic heterocycles. The van der Waals surface area contributed by atoms with Gasteiger partial charge in [0, 0.05) is 22.3 Å². The van der Waals surface area contributed by atoms with Crippen molar-refractivity contribution in [1.82, 2.24) is 0 Å². The number of carbonyl (C=O) groups excluding carboxylic acids is 4. The lowest BCUT2D eigenvalue weighted by atomic mass is 10.3. The van der Waals surface area contributed by atoms with Crippen LogP contribution in [0.25, 0.3) is 0 Å². The van der Waals surface area contributed by atoms with Crippen molar-refractivity contribution in [1.29, 1.82) is 0 Å². The Kier molecular flexibility index (Phi) is 18.6. The minimum atomic E-state index is -3.05. The number of hydrogen-bond donors (Lipinski definition) is 0. The molecule has 0 aliphatic carbocycles. The average Bonchev–Trinajstić information content (AvgIpc) is 2.97. The summed E-state index contributed by atoms with van der Waals surface area (Å²) in [5.41, 5.74) is 1.31. The Labute approximate surface area is 297 Å². The molecule has 0 radical (unpaired) electrons. The summed E-state index contributed by atoms with van der Waals surface area (Å²) in [6, 6.07) is 2.14. The molecular weight excluding hydrogens is 701 g/mol. The summed E-state index contributed by atoms with van der Waals surface area (Å²) in [7, 11) is -12.1. The Morgan fingerprint density at radius 1 is 0.408 bits per heavy atom. The Morgan fingerprint density at radius 2 is 0.612 bits per heavy atom. The lowest BCUT2D eigenvalue weighted by Crippen LogP contribution is -2.67. The summed E-state index contributed by atoms with van der Waals surface area (Å²) in [5.74, 6) is -1.80. The number of esters is 4. The molecule has 0 N–H and O–H groups in total. The summed E-state index contributed by atoms with van der Waals surface area (Å²) < 4.78 is 49.7. The number of unbranched alkanes of at least 4 members (excludes halogenated alkanes) is 1. The molecule has 0 aromatic rings. The van der Waals surface area contributed by atoms with Crippen LogP contribution in [0, 0.1) is 0 Å². The first-order valence-corrected chi connectivity index (χ1v) is 26.8. The van der Waals surface area contributed by atoms with Crippen LogP contribution in [0.4, 0.5) is 0 Å². The van der Waals surface area contributed by atoms with Crippen molar-refractivity contribution in [2.45, 2.75) is 110 Å². The third-order valence-electron chi connectivity index (χ3n) is 7.40. The summed E-state index contributed by atoms with van der Waals surface area (Å²) in [4.78, 5) is 47.9. The maximum absolute atomic E-state index is 12.0. The van der Waals surface area contributed by atoms with Crippen LogP contribution >= 0.6 is 0 Å². The molecule has 1 fully saturated rings. The van der Waals surface area contributed by atoms with Gasteiger partial charge in [0.25, 0.3) is 0 Å². The zero-order chi connectivity index (χ0) is 37.5. The van der Waals surface area contributed by atoms with Gasteiger partial charge in [0.15, 0.2) is 0 Å². The van der Waals surface area contributed by atoms with Crippen LogP contribution in [0.1, 0.15) is 59.8 Å². The van der Waals surface area contributed by atoms with Crippen molar-refractivity contribution in [2.24, 2.45) is 0 Å². The highest BCUT2D eigenvalue weighted by molar-refractivity contribution is 6.93. The maximum atomic E-state index is 12.0. The molecule has 16 heteroatoms. The second kappa shape index (κ2) is 20.4. The van der Waals surface area contributed by atoms with Gasteiger partial charge in [-0.05, 0) is 110 Å². The molecule has 1 saturated heterocycles. The summed E-state index contributed by atoms with van der Waals surface area (Å²) in [6.07, 6.45) is 2.80. The van der Waals surface area contributed by atoms with E-state index in [9.17, 15) is 19.2 Å². The van der Waals surface area contributed by atoms with Gasteiger partial charge in [0.1, 0.15) is 0 Å². The van der Waals surface area contributed by atoms with Gasteiger partial charge < -0.3 is 35.4 Å². The topological polar surface area (TPSA) is 142 Å². The largest absolute Gasteiger partial charge is 0.462 e.